The van der Waals surface area contributed by atoms with Crippen LogP contribution in [-0.2, 0) is 4.79 Å². The number of nitrogens with two attached hydrogens (primary N) is 1. The minimum absolute atomic E-state index is 0. The Morgan fingerprint density at radius 3 is 1.95 bits per heavy atom. The second-order valence-electron chi connectivity index (χ2n) is 5.76. The van der Waals surface area contributed by atoms with Crippen molar-refractivity contribution in [3.63, 3.8) is 0 Å². The first-order valence-electron chi connectivity index (χ1n) is 7.36. The van der Waals surface area contributed by atoms with Gasteiger partial charge in [0.25, 0.3) is 0 Å². The molecule has 1 fully saturated rings. The van der Waals surface area contributed by atoms with Gasteiger partial charge in [0, 0.05) is 12.6 Å². The van der Waals surface area contributed by atoms with Crippen molar-refractivity contribution in [2.24, 2.45) is 17.1 Å². The summed E-state index contributed by atoms with van der Waals surface area (Å²) in [5, 5.41) is 2.90. The molecule has 3 N–H and O–H groups in total. The lowest BCUT2D eigenvalue weighted by molar-refractivity contribution is -0.182. The summed E-state index contributed by atoms with van der Waals surface area (Å²) in [5.41, 5.74) is 5.12. The molecule has 0 heterocycles. The van der Waals surface area contributed by atoms with E-state index in [1.165, 1.54) is 0 Å². The highest BCUT2D eigenvalue weighted by atomic mass is 35.5. The van der Waals surface area contributed by atoms with Gasteiger partial charge in [-0.1, -0.05) is 13.8 Å². The van der Waals surface area contributed by atoms with Gasteiger partial charge in [0.1, 0.15) is 0 Å². The van der Waals surface area contributed by atoms with Crippen molar-refractivity contribution >= 4 is 18.3 Å². The van der Waals surface area contributed by atoms with Crippen LogP contribution in [0.1, 0.15) is 52.4 Å². The standard InChI is InChI=1S/C14H25F3N2O.ClH/c1-3-13(4-2,9-18)12(20)19-11-7-5-10(6-8-11)14(15,16)17;/h10-11H,3-9,18H2,1-2H3,(H,19,20);1H. The molecule has 7 heteroatoms. The Bertz CT molecular complexity index is 316. The molecule has 0 aromatic rings. The van der Waals surface area contributed by atoms with Gasteiger partial charge >= 0.3 is 6.18 Å². The van der Waals surface area contributed by atoms with Crippen molar-refractivity contribution in [2.45, 2.75) is 64.6 Å². The highest BCUT2D eigenvalue weighted by molar-refractivity contribution is 5.85. The summed E-state index contributed by atoms with van der Waals surface area (Å²) >= 11 is 0. The first kappa shape index (κ1) is 20.5. The van der Waals surface area contributed by atoms with Gasteiger partial charge < -0.3 is 11.1 Å². The van der Waals surface area contributed by atoms with Gasteiger partial charge in [-0.25, -0.2) is 0 Å². The molecule has 0 radical (unpaired) electrons. The minimum Gasteiger partial charge on any atom is -0.353 e. The second kappa shape index (κ2) is 8.22. The second-order valence-corrected chi connectivity index (χ2v) is 5.76. The molecule has 0 spiro atoms. The SMILES string of the molecule is CCC(CC)(CN)C(=O)NC1CCC(C(F)(F)F)CC1.Cl. The lowest BCUT2D eigenvalue weighted by Crippen LogP contribution is -2.50. The normalized spacial score (nSPS) is 23.3. The summed E-state index contributed by atoms with van der Waals surface area (Å²) in [6, 6.07) is -0.148. The Kier molecular flexibility index (Phi) is 8.03. The summed E-state index contributed by atoms with van der Waals surface area (Å²) in [5.74, 6) is -1.33. The quantitative estimate of drug-likeness (QED) is 0.811. The number of rotatable bonds is 5. The molecule has 126 valence electrons. The van der Waals surface area contributed by atoms with Crippen LogP contribution in [0.3, 0.4) is 0 Å². The van der Waals surface area contributed by atoms with E-state index in [2.05, 4.69) is 5.32 Å². The van der Waals surface area contributed by atoms with Crippen LogP contribution in [0.2, 0.25) is 0 Å². The fraction of sp³-hybridized carbons (Fsp3) is 0.929. The molecular formula is C14H26ClF3N2O. The van der Waals surface area contributed by atoms with Crippen molar-refractivity contribution in [2.75, 3.05) is 6.54 Å². The van der Waals surface area contributed by atoms with Gasteiger partial charge in [-0.05, 0) is 38.5 Å². The van der Waals surface area contributed by atoms with Crippen LogP contribution in [-0.4, -0.2) is 24.7 Å². The molecule has 0 bridgehead atoms. The lowest BCUT2D eigenvalue weighted by Gasteiger charge is -2.34. The predicted octanol–water partition coefficient (Wildman–Crippen LogP) is 3.41. The fourth-order valence-corrected chi connectivity index (χ4v) is 2.86. The van der Waals surface area contributed by atoms with Gasteiger partial charge in [0.15, 0.2) is 0 Å². The smallest absolute Gasteiger partial charge is 0.353 e. The zero-order valence-corrected chi connectivity index (χ0v) is 13.4. The monoisotopic (exact) mass is 330 g/mol. The zero-order valence-electron chi connectivity index (χ0n) is 12.6. The molecule has 1 saturated carbocycles. The van der Waals surface area contributed by atoms with E-state index in [0.29, 0.717) is 25.7 Å². The molecule has 0 aliphatic heterocycles. The molecule has 0 atom stereocenters. The van der Waals surface area contributed by atoms with Crippen LogP contribution < -0.4 is 11.1 Å². The van der Waals surface area contributed by atoms with Crippen LogP contribution in [0.4, 0.5) is 13.2 Å². The Hall–Kier alpha value is -0.490. The Balaban J connectivity index is 0.00000400. The van der Waals surface area contributed by atoms with Gasteiger partial charge in [0.05, 0.1) is 11.3 Å². The number of amides is 1. The molecule has 1 aliphatic rings. The van der Waals surface area contributed by atoms with Crippen LogP contribution in [0.25, 0.3) is 0 Å². The molecule has 21 heavy (non-hydrogen) atoms. The third kappa shape index (κ3) is 5.02. The highest BCUT2D eigenvalue weighted by Crippen LogP contribution is 2.37. The zero-order chi connectivity index (χ0) is 15.4. The number of carbonyl (C=O) groups excluding carboxylic acids is 1. The van der Waals surface area contributed by atoms with Crippen LogP contribution in [0.15, 0.2) is 0 Å². The third-order valence-corrected chi connectivity index (χ3v) is 4.75. The number of hydrogen-bond acceptors (Lipinski definition) is 2. The molecular weight excluding hydrogens is 305 g/mol. The average molecular weight is 331 g/mol. The Labute approximate surface area is 130 Å². The maximum atomic E-state index is 12.6. The Morgan fingerprint density at radius 1 is 1.14 bits per heavy atom. The van der Waals surface area contributed by atoms with Crippen molar-refractivity contribution in [1.82, 2.24) is 5.32 Å². The van der Waals surface area contributed by atoms with E-state index in [4.69, 9.17) is 5.73 Å². The summed E-state index contributed by atoms with van der Waals surface area (Å²) in [6.45, 7) is 4.09. The van der Waals surface area contributed by atoms with E-state index in [-0.39, 0.29) is 43.7 Å². The molecule has 1 rings (SSSR count). The lowest BCUT2D eigenvalue weighted by atomic mass is 9.80. The molecule has 0 unspecified atom stereocenters. The third-order valence-electron chi connectivity index (χ3n) is 4.75. The van der Waals surface area contributed by atoms with Crippen molar-refractivity contribution < 1.29 is 18.0 Å². The number of halogens is 4. The van der Waals surface area contributed by atoms with Crippen LogP contribution in [0.5, 0.6) is 0 Å². The predicted molar refractivity (Wildman–Crippen MR) is 79.3 cm³/mol. The molecule has 1 aliphatic carbocycles. The van der Waals surface area contributed by atoms with Crippen LogP contribution in [0, 0.1) is 11.3 Å². The van der Waals surface area contributed by atoms with E-state index in [0.717, 1.165) is 0 Å². The molecule has 1 amide bonds. The maximum Gasteiger partial charge on any atom is 0.391 e. The summed E-state index contributed by atoms with van der Waals surface area (Å²) in [4.78, 5) is 12.3. The first-order valence-corrected chi connectivity index (χ1v) is 7.36. The molecule has 0 saturated heterocycles. The maximum absolute atomic E-state index is 12.6. The summed E-state index contributed by atoms with van der Waals surface area (Å²) in [6.07, 6.45) is -1.84. The van der Waals surface area contributed by atoms with E-state index in [1.54, 1.807) is 0 Å². The summed E-state index contributed by atoms with van der Waals surface area (Å²) in [7, 11) is 0. The average Bonchev–Trinajstić information content (AvgIpc) is 2.41. The van der Waals surface area contributed by atoms with Crippen molar-refractivity contribution in [1.29, 1.82) is 0 Å². The van der Waals surface area contributed by atoms with E-state index in [9.17, 15) is 18.0 Å². The number of alkyl halides is 3. The molecule has 0 aromatic heterocycles. The Morgan fingerprint density at radius 2 is 1.62 bits per heavy atom. The number of carbonyl (C=O) groups is 1. The van der Waals surface area contributed by atoms with E-state index in [1.807, 2.05) is 13.8 Å². The van der Waals surface area contributed by atoms with Gasteiger partial charge in [-0.3, -0.25) is 4.79 Å². The first-order chi connectivity index (χ1) is 9.29. The van der Waals surface area contributed by atoms with E-state index < -0.39 is 17.5 Å². The largest absolute Gasteiger partial charge is 0.391 e. The topological polar surface area (TPSA) is 55.1 Å². The highest BCUT2D eigenvalue weighted by Gasteiger charge is 2.42. The number of hydrogen-bond donors (Lipinski definition) is 2. The van der Waals surface area contributed by atoms with Gasteiger partial charge in [-0.15, -0.1) is 12.4 Å². The van der Waals surface area contributed by atoms with Gasteiger partial charge in [-0.2, -0.15) is 13.2 Å². The van der Waals surface area contributed by atoms with Crippen LogP contribution >= 0.6 is 12.4 Å². The number of nitrogens with one attached hydrogen (secondary N) is 1. The summed E-state index contributed by atoms with van der Waals surface area (Å²) < 4.78 is 37.7. The fourth-order valence-electron chi connectivity index (χ4n) is 2.86. The molecule has 3 nitrogen and oxygen atoms in total. The minimum atomic E-state index is -4.11. The van der Waals surface area contributed by atoms with E-state index >= 15 is 0 Å². The molecule has 0 aromatic carbocycles. The van der Waals surface area contributed by atoms with Gasteiger partial charge in [0.2, 0.25) is 5.91 Å². The van der Waals surface area contributed by atoms with Crippen molar-refractivity contribution in [3.8, 4) is 0 Å². The van der Waals surface area contributed by atoms with Crippen molar-refractivity contribution in [3.05, 3.63) is 0 Å².